The summed E-state index contributed by atoms with van der Waals surface area (Å²) in [4.78, 5) is 0. The number of nitrogens with two attached hydrogens (primary N) is 1. The lowest BCUT2D eigenvalue weighted by molar-refractivity contribution is 0.318. The van der Waals surface area contributed by atoms with Gasteiger partial charge in [-0.05, 0) is 29.8 Å². The van der Waals surface area contributed by atoms with Crippen LogP contribution in [0.5, 0.6) is 0 Å². The van der Waals surface area contributed by atoms with Crippen molar-refractivity contribution in [1.82, 2.24) is 0 Å². The van der Waals surface area contributed by atoms with Gasteiger partial charge in [-0.1, -0.05) is 45.4 Å². The molecule has 0 aliphatic carbocycles. The van der Waals surface area contributed by atoms with E-state index in [9.17, 15) is 0 Å². The number of nitrogens with zero attached hydrogens (tertiary/aromatic N) is 1. The van der Waals surface area contributed by atoms with Crippen LogP contribution < -0.4 is 11.1 Å². The van der Waals surface area contributed by atoms with Crippen LogP contribution in [-0.2, 0) is 6.54 Å². The quantitative estimate of drug-likeness (QED) is 0.351. The number of rotatable bonds is 4. The standard InChI is InChI=1S/C14H14BrN3O/c15-12-5-7-13(8-6-12)17-9-10-1-3-11(4-2-10)14(16)18-19/h1-8,17,19H,9H2,(H2,16,18). The van der Waals surface area contributed by atoms with Crippen LogP contribution in [0.2, 0.25) is 0 Å². The Morgan fingerprint density at radius 1 is 1.11 bits per heavy atom. The maximum atomic E-state index is 8.58. The largest absolute Gasteiger partial charge is 0.409 e. The molecular formula is C14H14BrN3O. The number of benzene rings is 2. The van der Waals surface area contributed by atoms with Gasteiger partial charge in [0, 0.05) is 22.3 Å². The fourth-order valence-electron chi connectivity index (χ4n) is 1.62. The number of anilines is 1. The summed E-state index contributed by atoms with van der Waals surface area (Å²) < 4.78 is 1.06. The zero-order chi connectivity index (χ0) is 13.7. The lowest BCUT2D eigenvalue weighted by Crippen LogP contribution is -2.12. The molecule has 0 saturated carbocycles. The molecule has 0 spiro atoms. The van der Waals surface area contributed by atoms with Gasteiger partial charge < -0.3 is 16.3 Å². The second kappa shape index (κ2) is 6.24. The number of halogens is 1. The van der Waals surface area contributed by atoms with Crippen LogP contribution in [0.1, 0.15) is 11.1 Å². The Balaban J connectivity index is 1.98. The maximum Gasteiger partial charge on any atom is 0.170 e. The van der Waals surface area contributed by atoms with Crippen molar-refractivity contribution < 1.29 is 5.21 Å². The van der Waals surface area contributed by atoms with Gasteiger partial charge in [-0.3, -0.25) is 0 Å². The Kier molecular flexibility index (Phi) is 4.41. The SMILES string of the molecule is NC(=NO)c1ccc(CNc2ccc(Br)cc2)cc1. The number of amidine groups is 1. The fraction of sp³-hybridized carbons (Fsp3) is 0.0714. The topological polar surface area (TPSA) is 70.6 Å². The van der Waals surface area contributed by atoms with E-state index in [2.05, 4.69) is 26.4 Å². The predicted molar refractivity (Wildman–Crippen MR) is 80.4 cm³/mol. The van der Waals surface area contributed by atoms with Gasteiger partial charge >= 0.3 is 0 Å². The highest BCUT2D eigenvalue weighted by Gasteiger charge is 1.99. The molecule has 19 heavy (non-hydrogen) atoms. The van der Waals surface area contributed by atoms with Crippen molar-refractivity contribution in [2.75, 3.05) is 5.32 Å². The average molecular weight is 320 g/mol. The predicted octanol–water partition coefficient (Wildman–Crippen LogP) is 3.16. The third kappa shape index (κ3) is 3.72. The van der Waals surface area contributed by atoms with Crippen LogP contribution in [-0.4, -0.2) is 11.0 Å². The zero-order valence-corrected chi connectivity index (χ0v) is 11.8. The molecule has 0 bridgehead atoms. The Morgan fingerprint density at radius 2 is 1.74 bits per heavy atom. The van der Waals surface area contributed by atoms with E-state index in [1.54, 1.807) is 0 Å². The van der Waals surface area contributed by atoms with E-state index < -0.39 is 0 Å². The molecule has 0 aliphatic rings. The number of hydrogen-bond donors (Lipinski definition) is 3. The van der Waals surface area contributed by atoms with E-state index in [0.29, 0.717) is 5.56 Å². The summed E-state index contributed by atoms with van der Waals surface area (Å²) in [5, 5.41) is 14.9. The molecular weight excluding hydrogens is 306 g/mol. The van der Waals surface area contributed by atoms with Crippen molar-refractivity contribution in [1.29, 1.82) is 0 Å². The highest BCUT2D eigenvalue weighted by molar-refractivity contribution is 9.10. The molecule has 98 valence electrons. The highest BCUT2D eigenvalue weighted by Crippen LogP contribution is 2.15. The van der Waals surface area contributed by atoms with Crippen LogP contribution >= 0.6 is 15.9 Å². The van der Waals surface area contributed by atoms with Crippen LogP contribution in [0.25, 0.3) is 0 Å². The van der Waals surface area contributed by atoms with Crippen molar-refractivity contribution >= 4 is 27.5 Å². The summed E-state index contributed by atoms with van der Waals surface area (Å²) in [5.74, 6) is 0.118. The summed E-state index contributed by atoms with van der Waals surface area (Å²) in [6.07, 6.45) is 0. The first-order valence-corrected chi connectivity index (χ1v) is 6.54. The van der Waals surface area contributed by atoms with Crippen molar-refractivity contribution in [2.45, 2.75) is 6.54 Å². The molecule has 0 heterocycles. The minimum Gasteiger partial charge on any atom is -0.409 e. The molecule has 2 rings (SSSR count). The molecule has 0 aromatic heterocycles. The van der Waals surface area contributed by atoms with E-state index in [1.807, 2.05) is 48.5 Å². The first-order valence-electron chi connectivity index (χ1n) is 5.75. The second-order valence-corrected chi connectivity index (χ2v) is 4.96. The lowest BCUT2D eigenvalue weighted by atomic mass is 10.1. The smallest absolute Gasteiger partial charge is 0.170 e. The molecule has 2 aromatic carbocycles. The Bertz CT molecular complexity index is 564. The minimum atomic E-state index is 0.118. The Labute approximate surface area is 120 Å². The minimum absolute atomic E-state index is 0.118. The van der Waals surface area contributed by atoms with Gasteiger partial charge in [0.25, 0.3) is 0 Å². The van der Waals surface area contributed by atoms with Gasteiger partial charge in [0.1, 0.15) is 0 Å². The molecule has 0 radical (unpaired) electrons. The van der Waals surface area contributed by atoms with Gasteiger partial charge in [-0.15, -0.1) is 0 Å². The van der Waals surface area contributed by atoms with E-state index in [0.717, 1.165) is 22.3 Å². The molecule has 0 aliphatic heterocycles. The molecule has 2 aromatic rings. The first-order chi connectivity index (χ1) is 9.19. The third-order valence-electron chi connectivity index (χ3n) is 2.70. The number of nitrogens with one attached hydrogen (secondary N) is 1. The molecule has 4 nitrogen and oxygen atoms in total. The second-order valence-electron chi connectivity index (χ2n) is 4.04. The van der Waals surface area contributed by atoms with E-state index in [-0.39, 0.29) is 5.84 Å². The van der Waals surface area contributed by atoms with Crippen LogP contribution in [0.4, 0.5) is 5.69 Å². The fourth-order valence-corrected chi connectivity index (χ4v) is 1.89. The van der Waals surface area contributed by atoms with Crippen molar-refractivity contribution in [3.8, 4) is 0 Å². The first kappa shape index (κ1) is 13.4. The molecule has 4 N–H and O–H groups in total. The van der Waals surface area contributed by atoms with Crippen LogP contribution in [0, 0.1) is 0 Å². The third-order valence-corrected chi connectivity index (χ3v) is 3.23. The zero-order valence-electron chi connectivity index (χ0n) is 10.2. The molecule has 0 fully saturated rings. The van der Waals surface area contributed by atoms with Crippen LogP contribution in [0.3, 0.4) is 0 Å². The summed E-state index contributed by atoms with van der Waals surface area (Å²) >= 11 is 3.40. The number of oxime groups is 1. The van der Waals surface area contributed by atoms with Gasteiger partial charge in [0.05, 0.1) is 0 Å². The summed E-state index contributed by atoms with van der Waals surface area (Å²) in [6, 6.07) is 15.5. The van der Waals surface area contributed by atoms with E-state index in [1.165, 1.54) is 0 Å². The molecule has 0 unspecified atom stereocenters. The summed E-state index contributed by atoms with van der Waals surface area (Å²) in [6.45, 7) is 0.720. The number of hydrogen-bond acceptors (Lipinski definition) is 3. The summed E-state index contributed by atoms with van der Waals surface area (Å²) in [7, 11) is 0. The monoisotopic (exact) mass is 319 g/mol. The van der Waals surface area contributed by atoms with Gasteiger partial charge in [-0.25, -0.2) is 0 Å². The van der Waals surface area contributed by atoms with Crippen molar-refractivity contribution in [3.63, 3.8) is 0 Å². The van der Waals surface area contributed by atoms with Crippen molar-refractivity contribution in [3.05, 3.63) is 64.1 Å². The maximum absolute atomic E-state index is 8.58. The molecule has 0 amide bonds. The highest BCUT2D eigenvalue weighted by atomic mass is 79.9. The average Bonchev–Trinajstić information content (AvgIpc) is 2.46. The molecule has 0 atom stereocenters. The lowest BCUT2D eigenvalue weighted by Gasteiger charge is -2.07. The Hall–Kier alpha value is -2.01. The normalized spacial score (nSPS) is 11.3. The van der Waals surface area contributed by atoms with Gasteiger partial charge in [0.2, 0.25) is 0 Å². The van der Waals surface area contributed by atoms with E-state index >= 15 is 0 Å². The van der Waals surface area contributed by atoms with Gasteiger partial charge in [0.15, 0.2) is 5.84 Å². The molecule has 5 heteroatoms. The van der Waals surface area contributed by atoms with Crippen LogP contribution in [0.15, 0.2) is 58.2 Å². The molecule has 0 saturated heterocycles. The van der Waals surface area contributed by atoms with Crippen molar-refractivity contribution in [2.24, 2.45) is 10.9 Å². The van der Waals surface area contributed by atoms with Gasteiger partial charge in [-0.2, -0.15) is 0 Å². The summed E-state index contributed by atoms with van der Waals surface area (Å²) in [5.41, 5.74) is 8.39. The van der Waals surface area contributed by atoms with E-state index in [4.69, 9.17) is 10.9 Å². The Morgan fingerprint density at radius 3 is 2.32 bits per heavy atom.